The summed E-state index contributed by atoms with van der Waals surface area (Å²) in [6.07, 6.45) is 0. The summed E-state index contributed by atoms with van der Waals surface area (Å²) in [4.78, 5) is 13.4. The van der Waals surface area contributed by atoms with Crippen LogP contribution in [0.15, 0.2) is 30.3 Å². The normalized spacial score (nSPS) is 15.7. The number of benzene rings is 1. The monoisotopic (exact) mass is 219 g/mol. The van der Waals surface area contributed by atoms with E-state index in [4.69, 9.17) is 5.73 Å². The van der Waals surface area contributed by atoms with E-state index in [0.29, 0.717) is 19.0 Å². The highest BCUT2D eigenvalue weighted by Crippen LogP contribution is 2.13. The van der Waals surface area contributed by atoms with Gasteiger partial charge < -0.3 is 16.0 Å². The van der Waals surface area contributed by atoms with Crippen LogP contribution in [0.2, 0.25) is 0 Å². The Morgan fingerprint density at radius 3 is 2.69 bits per heavy atom. The summed E-state index contributed by atoms with van der Waals surface area (Å²) in [7, 11) is 0. The van der Waals surface area contributed by atoms with Gasteiger partial charge in [-0.1, -0.05) is 30.3 Å². The Bertz CT molecular complexity index is 347. The van der Waals surface area contributed by atoms with Gasteiger partial charge in [0.25, 0.3) is 0 Å². The number of urea groups is 1. The van der Waals surface area contributed by atoms with E-state index in [1.54, 1.807) is 4.90 Å². The first-order valence-corrected chi connectivity index (χ1v) is 5.56. The molecule has 2 rings (SSSR count). The highest BCUT2D eigenvalue weighted by molar-refractivity contribution is 5.75. The van der Waals surface area contributed by atoms with E-state index in [1.165, 1.54) is 0 Å². The van der Waals surface area contributed by atoms with Gasteiger partial charge in [-0.2, -0.15) is 0 Å². The first-order chi connectivity index (χ1) is 7.79. The average Bonchev–Trinajstić information content (AvgIpc) is 2.26. The molecule has 0 bridgehead atoms. The van der Waals surface area contributed by atoms with Crippen LogP contribution >= 0.6 is 0 Å². The standard InChI is InChI=1S/C12H17N3O/c13-6-11-8-15(9-11)12(16)14-7-10-4-2-1-3-5-10/h1-5,11H,6-9,13H2,(H,14,16). The van der Waals surface area contributed by atoms with Gasteiger partial charge in [0.05, 0.1) is 0 Å². The highest BCUT2D eigenvalue weighted by atomic mass is 16.2. The maximum Gasteiger partial charge on any atom is 0.317 e. The van der Waals surface area contributed by atoms with Crippen molar-refractivity contribution in [2.24, 2.45) is 11.7 Å². The van der Waals surface area contributed by atoms with Crippen molar-refractivity contribution in [3.05, 3.63) is 35.9 Å². The van der Waals surface area contributed by atoms with Crippen molar-refractivity contribution in [3.63, 3.8) is 0 Å². The largest absolute Gasteiger partial charge is 0.334 e. The zero-order valence-electron chi connectivity index (χ0n) is 9.23. The van der Waals surface area contributed by atoms with Gasteiger partial charge >= 0.3 is 6.03 Å². The maximum absolute atomic E-state index is 11.6. The summed E-state index contributed by atoms with van der Waals surface area (Å²) in [5, 5.41) is 2.89. The van der Waals surface area contributed by atoms with E-state index in [2.05, 4.69) is 5.32 Å². The van der Waals surface area contributed by atoms with Gasteiger partial charge in [0.1, 0.15) is 0 Å². The molecule has 1 heterocycles. The number of nitrogens with two attached hydrogens (primary N) is 1. The van der Waals surface area contributed by atoms with Gasteiger partial charge in [0.2, 0.25) is 0 Å². The Morgan fingerprint density at radius 2 is 2.06 bits per heavy atom. The second-order valence-corrected chi connectivity index (χ2v) is 4.15. The second-order valence-electron chi connectivity index (χ2n) is 4.15. The number of hydrogen-bond donors (Lipinski definition) is 2. The number of nitrogens with zero attached hydrogens (tertiary/aromatic N) is 1. The van der Waals surface area contributed by atoms with Crippen molar-refractivity contribution >= 4 is 6.03 Å². The first-order valence-electron chi connectivity index (χ1n) is 5.56. The van der Waals surface area contributed by atoms with Crippen molar-refractivity contribution in [3.8, 4) is 0 Å². The summed E-state index contributed by atoms with van der Waals surface area (Å²) in [6, 6.07) is 9.91. The minimum Gasteiger partial charge on any atom is -0.334 e. The molecule has 1 aliphatic rings. The second kappa shape index (κ2) is 4.99. The summed E-state index contributed by atoms with van der Waals surface area (Å²) in [5.74, 6) is 0.488. The van der Waals surface area contributed by atoms with Crippen LogP contribution in [0.1, 0.15) is 5.56 Å². The van der Waals surface area contributed by atoms with E-state index in [9.17, 15) is 4.79 Å². The molecule has 2 amide bonds. The molecule has 86 valence electrons. The molecule has 0 aromatic heterocycles. The molecule has 1 aromatic rings. The Hall–Kier alpha value is -1.55. The fourth-order valence-corrected chi connectivity index (χ4v) is 1.77. The zero-order chi connectivity index (χ0) is 11.4. The molecular weight excluding hydrogens is 202 g/mol. The SMILES string of the molecule is NCC1CN(C(=O)NCc2ccccc2)C1. The third-order valence-corrected chi connectivity index (χ3v) is 2.86. The lowest BCUT2D eigenvalue weighted by Gasteiger charge is -2.38. The number of carbonyl (C=O) groups is 1. The number of amides is 2. The molecule has 0 aliphatic carbocycles. The fourth-order valence-electron chi connectivity index (χ4n) is 1.77. The van der Waals surface area contributed by atoms with Crippen LogP contribution in [-0.4, -0.2) is 30.6 Å². The van der Waals surface area contributed by atoms with Gasteiger partial charge in [-0.05, 0) is 12.1 Å². The van der Waals surface area contributed by atoms with Gasteiger partial charge in [0, 0.05) is 25.6 Å². The zero-order valence-corrected chi connectivity index (χ0v) is 9.23. The van der Waals surface area contributed by atoms with Crippen LogP contribution in [0.5, 0.6) is 0 Å². The molecule has 3 N–H and O–H groups in total. The molecule has 1 aliphatic heterocycles. The highest BCUT2D eigenvalue weighted by Gasteiger charge is 2.28. The number of hydrogen-bond acceptors (Lipinski definition) is 2. The molecule has 0 atom stereocenters. The lowest BCUT2D eigenvalue weighted by molar-refractivity contribution is 0.124. The Morgan fingerprint density at radius 1 is 1.38 bits per heavy atom. The fraction of sp³-hybridized carbons (Fsp3) is 0.417. The van der Waals surface area contributed by atoms with Gasteiger partial charge in [-0.15, -0.1) is 0 Å². The smallest absolute Gasteiger partial charge is 0.317 e. The van der Waals surface area contributed by atoms with E-state index >= 15 is 0 Å². The minimum atomic E-state index is 0.00792. The van der Waals surface area contributed by atoms with Crippen LogP contribution in [0.25, 0.3) is 0 Å². The van der Waals surface area contributed by atoms with Gasteiger partial charge in [0.15, 0.2) is 0 Å². The summed E-state index contributed by atoms with van der Waals surface area (Å²) >= 11 is 0. The molecule has 4 heteroatoms. The molecule has 1 aromatic carbocycles. The van der Waals surface area contributed by atoms with Crippen molar-refractivity contribution in [2.45, 2.75) is 6.54 Å². The van der Waals surface area contributed by atoms with Crippen molar-refractivity contribution < 1.29 is 4.79 Å². The summed E-state index contributed by atoms with van der Waals surface area (Å²) in [6.45, 7) is 2.83. The van der Waals surface area contributed by atoms with Crippen molar-refractivity contribution in [1.29, 1.82) is 0 Å². The molecular formula is C12H17N3O. The molecule has 0 unspecified atom stereocenters. The third-order valence-electron chi connectivity index (χ3n) is 2.86. The van der Waals surface area contributed by atoms with Crippen LogP contribution < -0.4 is 11.1 Å². The van der Waals surface area contributed by atoms with Crippen LogP contribution in [-0.2, 0) is 6.54 Å². The number of nitrogens with one attached hydrogen (secondary N) is 1. The maximum atomic E-state index is 11.6. The van der Waals surface area contributed by atoms with Crippen LogP contribution in [0, 0.1) is 5.92 Å². The topological polar surface area (TPSA) is 58.4 Å². The van der Waals surface area contributed by atoms with Crippen molar-refractivity contribution in [1.82, 2.24) is 10.2 Å². The lowest BCUT2D eigenvalue weighted by atomic mass is 10.0. The van der Waals surface area contributed by atoms with Gasteiger partial charge in [-0.25, -0.2) is 4.79 Å². The average molecular weight is 219 g/mol. The van der Waals surface area contributed by atoms with Crippen LogP contribution in [0.3, 0.4) is 0 Å². The first kappa shape index (κ1) is 11.0. The molecule has 0 radical (unpaired) electrons. The van der Waals surface area contributed by atoms with E-state index in [-0.39, 0.29) is 6.03 Å². The lowest BCUT2D eigenvalue weighted by Crippen LogP contribution is -2.55. The molecule has 1 fully saturated rings. The molecule has 4 nitrogen and oxygen atoms in total. The van der Waals surface area contributed by atoms with Crippen molar-refractivity contribution in [2.75, 3.05) is 19.6 Å². The summed E-state index contributed by atoms with van der Waals surface area (Å²) < 4.78 is 0. The Kier molecular flexibility index (Phi) is 3.41. The van der Waals surface area contributed by atoms with E-state index < -0.39 is 0 Å². The number of rotatable bonds is 3. The van der Waals surface area contributed by atoms with E-state index in [1.807, 2.05) is 30.3 Å². The predicted molar refractivity (Wildman–Crippen MR) is 62.8 cm³/mol. The summed E-state index contributed by atoms with van der Waals surface area (Å²) in [5.41, 5.74) is 6.62. The number of carbonyl (C=O) groups excluding carboxylic acids is 1. The van der Waals surface area contributed by atoms with Crippen LogP contribution in [0.4, 0.5) is 4.79 Å². The van der Waals surface area contributed by atoms with E-state index in [0.717, 1.165) is 18.7 Å². The quantitative estimate of drug-likeness (QED) is 0.789. The molecule has 1 saturated heterocycles. The number of likely N-dealkylation sites (tertiary alicyclic amines) is 1. The predicted octanol–water partition coefficient (Wildman–Crippen LogP) is 0.787. The Labute approximate surface area is 95.4 Å². The minimum absolute atomic E-state index is 0.00792. The van der Waals surface area contributed by atoms with Gasteiger partial charge in [-0.3, -0.25) is 0 Å². The third kappa shape index (κ3) is 2.52. The molecule has 0 spiro atoms. The molecule has 16 heavy (non-hydrogen) atoms. The Balaban J connectivity index is 1.73. The molecule has 0 saturated carbocycles.